The molecule has 0 spiro atoms. The summed E-state index contributed by atoms with van der Waals surface area (Å²) in [7, 11) is 0. The molecule has 0 atom stereocenters. The molecule has 1 aliphatic carbocycles. The van der Waals surface area contributed by atoms with Crippen molar-refractivity contribution >= 4 is 17.2 Å². The minimum Gasteiger partial charge on any atom is -0.487 e. The summed E-state index contributed by atoms with van der Waals surface area (Å²) in [6.45, 7) is 0.354. The van der Waals surface area contributed by atoms with Gasteiger partial charge in [0.2, 0.25) is 0 Å². The number of nitrogens with two attached hydrogens (primary N) is 1. The van der Waals surface area contributed by atoms with Crippen LogP contribution < -0.4 is 16.0 Å². The third-order valence-corrected chi connectivity index (χ3v) is 4.22. The maximum absolute atomic E-state index is 11.3. The van der Waals surface area contributed by atoms with Gasteiger partial charge in [0.05, 0.1) is 5.69 Å². The molecule has 1 amide bonds. The highest BCUT2D eigenvalue weighted by Gasteiger charge is 2.12. The number of rotatable bonds is 4. The number of carbonyl (C=O) groups excluding carboxylic acids is 1. The Morgan fingerprint density at radius 2 is 2.25 bits per heavy atom. The Labute approximate surface area is 120 Å². The van der Waals surface area contributed by atoms with Crippen LogP contribution in [-0.2, 0) is 19.4 Å². The van der Waals surface area contributed by atoms with Gasteiger partial charge < -0.3 is 4.74 Å². The first-order chi connectivity index (χ1) is 9.76. The highest BCUT2D eigenvalue weighted by molar-refractivity contribution is 7.11. The molecule has 3 rings (SSSR count). The van der Waals surface area contributed by atoms with E-state index in [1.54, 1.807) is 5.38 Å². The molecule has 0 unspecified atom stereocenters. The molecule has 0 radical (unpaired) electrons. The van der Waals surface area contributed by atoms with Gasteiger partial charge in [-0.3, -0.25) is 10.2 Å². The van der Waals surface area contributed by atoms with Crippen LogP contribution in [-0.4, -0.2) is 10.9 Å². The fourth-order valence-corrected chi connectivity index (χ4v) is 3.04. The summed E-state index contributed by atoms with van der Waals surface area (Å²) in [4.78, 5) is 15.5. The van der Waals surface area contributed by atoms with Crippen molar-refractivity contribution < 1.29 is 9.53 Å². The van der Waals surface area contributed by atoms with Crippen LogP contribution in [0.5, 0.6) is 5.75 Å². The van der Waals surface area contributed by atoms with Crippen LogP contribution in [0.1, 0.15) is 33.0 Å². The number of ether oxygens (including phenoxy) is 1. The van der Waals surface area contributed by atoms with E-state index in [4.69, 9.17) is 10.6 Å². The van der Waals surface area contributed by atoms with Gasteiger partial charge in [0, 0.05) is 5.38 Å². The van der Waals surface area contributed by atoms with E-state index in [1.807, 2.05) is 6.07 Å². The zero-order valence-corrected chi connectivity index (χ0v) is 11.7. The third-order valence-electron chi connectivity index (χ3n) is 3.33. The molecule has 1 heterocycles. The second kappa shape index (κ2) is 5.60. The molecule has 1 aliphatic rings. The van der Waals surface area contributed by atoms with Crippen LogP contribution in [0.2, 0.25) is 0 Å². The van der Waals surface area contributed by atoms with Crippen molar-refractivity contribution in [3.8, 4) is 5.75 Å². The molecule has 104 valence electrons. The number of hydrogen-bond donors (Lipinski definition) is 2. The number of benzene rings is 1. The van der Waals surface area contributed by atoms with Crippen LogP contribution in [0, 0.1) is 0 Å². The number of hydrogen-bond acceptors (Lipinski definition) is 5. The minimum absolute atomic E-state index is 0.347. The van der Waals surface area contributed by atoms with E-state index in [0.29, 0.717) is 11.6 Å². The monoisotopic (exact) mass is 289 g/mol. The van der Waals surface area contributed by atoms with E-state index in [9.17, 15) is 4.79 Å². The Balaban J connectivity index is 1.64. The Bertz CT molecular complexity index is 639. The fourth-order valence-electron chi connectivity index (χ4n) is 2.33. The highest BCUT2D eigenvalue weighted by Crippen LogP contribution is 2.26. The molecule has 5 nitrogen and oxygen atoms in total. The van der Waals surface area contributed by atoms with Crippen LogP contribution in [0.4, 0.5) is 0 Å². The third kappa shape index (κ3) is 2.66. The second-order valence-corrected chi connectivity index (χ2v) is 5.55. The SMILES string of the molecule is NNC(=O)c1nc(COc2ccc3c(c2)CCC3)cs1. The Morgan fingerprint density at radius 3 is 3.10 bits per heavy atom. The Hall–Kier alpha value is -1.92. The molecule has 0 fully saturated rings. The predicted molar refractivity (Wildman–Crippen MR) is 76.6 cm³/mol. The van der Waals surface area contributed by atoms with Gasteiger partial charge in [0.25, 0.3) is 5.91 Å². The van der Waals surface area contributed by atoms with E-state index in [0.717, 1.165) is 17.9 Å². The van der Waals surface area contributed by atoms with E-state index in [2.05, 4.69) is 22.5 Å². The van der Waals surface area contributed by atoms with Gasteiger partial charge in [0.15, 0.2) is 5.01 Å². The summed E-state index contributed by atoms with van der Waals surface area (Å²) in [5.41, 5.74) is 5.60. The maximum Gasteiger partial charge on any atom is 0.294 e. The van der Waals surface area contributed by atoms with Gasteiger partial charge in [0.1, 0.15) is 12.4 Å². The van der Waals surface area contributed by atoms with Crippen LogP contribution >= 0.6 is 11.3 Å². The van der Waals surface area contributed by atoms with Crippen molar-refractivity contribution in [2.24, 2.45) is 5.84 Å². The van der Waals surface area contributed by atoms with Gasteiger partial charge in [-0.25, -0.2) is 10.8 Å². The Kier molecular flexibility index (Phi) is 3.66. The number of nitrogens with zero attached hydrogens (tertiary/aromatic N) is 1. The molecule has 1 aromatic heterocycles. The lowest BCUT2D eigenvalue weighted by Gasteiger charge is -2.06. The van der Waals surface area contributed by atoms with Crippen molar-refractivity contribution in [1.82, 2.24) is 10.4 Å². The van der Waals surface area contributed by atoms with Crippen molar-refractivity contribution in [2.75, 3.05) is 0 Å². The summed E-state index contributed by atoms with van der Waals surface area (Å²) in [6, 6.07) is 6.22. The molecule has 6 heteroatoms. The lowest BCUT2D eigenvalue weighted by Crippen LogP contribution is -2.29. The van der Waals surface area contributed by atoms with Crippen LogP contribution in [0.3, 0.4) is 0 Å². The molecule has 0 saturated heterocycles. The summed E-state index contributed by atoms with van der Waals surface area (Å²) in [6.07, 6.45) is 3.52. The van der Waals surface area contributed by atoms with Gasteiger partial charge in [-0.1, -0.05) is 6.07 Å². The number of nitrogens with one attached hydrogen (secondary N) is 1. The van der Waals surface area contributed by atoms with E-state index >= 15 is 0 Å². The summed E-state index contributed by atoms with van der Waals surface area (Å²) < 4.78 is 5.73. The summed E-state index contributed by atoms with van der Waals surface area (Å²) >= 11 is 1.25. The number of aromatic nitrogens is 1. The summed E-state index contributed by atoms with van der Waals surface area (Å²) in [5.74, 6) is 5.54. The average molecular weight is 289 g/mol. The Morgan fingerprint density at radius 1 is 1.40 bits per heavy atom. The van der Waals surface area contributed by atoms with Crippen molar-refractivity contribution in [3.05, 3.63) is 45.4 Å². The number of nitrogen functional groups attached to an aromatic ring is 1. The number of hydrazine groups is 1. The van der Waals surface area contributed by atoms with E-state index in [-0.39, 0.29) is 5.91 Å². The molecular weight excluding hydrogens is 274 g/mol. The number of aryl methyl sites for hydroxylation is 2. The van der Waals surface area contributed by atoms with Gasteiger partial charge >= 0.3 is 0 Å². The molecule has 3 N–H and O–H groups in total. The smallest absolute Gasteiger partial charge is 0.294 e. The predicted octanol–water partition coefficient (Wildman–Crippen LogP) is 1.81. The van der Waals surface area contributed by atoms with E-state index < -0.39 is 0 Å². The molecule has 20 heavy (non-hydrogen) atoms. The van der Waals surface area contributed by atoms with Gasteiger partial charge in [-0.2, -0.15) is 0 Å². The minimum atomic E-state index is -0.376. The molecule has 1 aromatic carbocycles. The number of amides is 1. The van der Waals surface area contributed by atoms with E-state index in [1.165, 1.54) is 35.3 Å². The fraction of sp³-hybridized carbons (Fsp3) is 0.286. The zero-order chi connectivity index (χ0) is 13.9. The lowest BCUT2D eigenvalue weighted by atomic mass is 10.1. The molecule has 0 aliphatic heterocycles. The average Bonchev–Trinajstić information content (AvgIpc) is 3.12. The molecule has 2 aromatic rings. The largest absolute Gasteiger partial charge is 0.487 e. The van der Waals surface area contributed by atoms with Gasteiger partial charge in [-0.15, -0.1) is 11.3 Å². The number of thiazole rings is 1. The highest BCUT2D eigenvalue weighted by atomic mass is 32.1. The summed E-state index contributed by atoms with van der Waals surface area (Å²) in [5, 5.41) is 2.15. The van der Waals surface area contributed by atoms with Crippen LogP contribution in [0.25, 0.3) is 0 Å². The zero-order valence-electron chi connectivity index (χ0n) is 10.9. The maximum atomic E-state index is 11.3. The second-order valence-electron chi connectivity index (χ2n) is 4.69. The molecule has 0 saturated carbocycles. The van der Waals surface area contributed by atoms with Crippen LogP contribution in [0.15, 0.2) is 23.6 Å². The first-order valence-electron chi connectivity index (χ1n) is 6.46. The number of fused-ring (bicyclic) bond motifs is 1. The first-order valence-corrected chi connectivity index (χ1v) is 7.34. The number of carbonyl (C=O) groups is 1. The molecular formula is C14H15N3O2S. The first kappa shape index (κ1) is 13.1. The normalized spacial score (nSPS) is 13.1. The topological polar surface area (TPSA) is 77.2 Å². The molecule has 0 bridgehead atoms. The standard InChI is InChI=1S/C14H15N3O2S/c15-17-13(18)14-16-11(8-20-14)7-19-12-5-4-9-2-1-3-10(9)6-12/h4-6,8H,1-3,7,15H2,(H,17,18). The van der Waals surface area contributed by atoms with Gasteiger partial charge in [-0.05, 0) is 42.5 Å². The van der Waals surface area contributed by atoms with Crippen molar-refractivity contribution in [3.63, 3.8) is 0 Å². The quantitative estimate of drug-likeness (QED) is 0.511. The van der Waals surface area contributed by atoms with Crippen molar-refractivity contribution in [2.45, 2.75) is 25.9 Å². The van der Waals surface area contributed by atoms with Crippen molar-refractivity contribution in [1.29, 1.82) is 0 Å². The lowest BCUT2D eigenvalue weighted by molar-refractivity contribution is 0.0953.